The molecule has 70 valence electrons. The topological polar surface area (TPSA) is 53.8 Å². The van der Waals surface area contributed by atoms with E-state index in [-0.39, 0.29) is 12.7 Å². The van der Waals surface area contributed by atoms with Gasteiger partial charge in [-0.3, -0.25) is 0 Å². The highest BCUT2D eigenvalue weighted by Gasteiger charge is 2.20. The van der Waals surface area contributed by atoms with Gasteiger partial charge in [0.2, 0.25) is 0 Å². The standard InChI is InChI=1S/C8H15NO3/c1-9-4-2-3-7(5-9)12-6-8(10)11/h7H,2-6H2,1H3,(H,10,11)/t7-/m1/s1. The molecule has 2 atom stereocenters. The summed E-state index contributed by atoms with van der Waals surface area (Å²) in [6.07, 6.45) is 2.20. The molecule has 1 rings (SSSR count). The predicted octanol–water partition coefficient (Wildman–Crippen LogP) is -2.57. The molecule has 0 amide bonds. The number of carboxylic acid groups (broad SMARTS) is 1. The Hall–Kier alpha value is -0.610. The first-order chi connectivity index (χ1) is 5.68. The van der Waals surface area contributed by atoms with Gasteiger partial charge in [-0.15, -0.1) is 0 Å². The van der Waals surface area contributed by atoms with Gasteiger partial charge in [-0.05, 0) is 12.8 Å². The third kappa shape index (κ3) is 3.19. The molecule has 1 fully saturated rings. The van der Waals surface area contributed by atoms with Crippen LogP contribution in [0.15, 0.2) is 0 Å². The van der Waals surface area contributed by atoms with Gasteiger partial charge in [-0.1, -0.05) is 0 Å². The van der Waals surface area contributed by atoms with E-state index in [0.717, 1.165) is 25.9 Å². The maximum atomic E-state index is 10.1. The Kier molecular flexibility index (Phi) is 3.49. The van der Waals surface area contributed by atoms with E-state index in [0.29, 0.717) is 0 Å². The third-order valence-corrected chi connectivity index (χ3v) is 2.14. The summed E-state index contributed by atoms with van der Waals surface area (Å²) in [4.78, 5) is 11.5. The predicted molar refractivity (Wildman–Crippen MR) is 40.6 cm³/mol. The van der Waals surface area contributed by atoms with Crippen molar-refractivity contribution < 1.29 is 19.5 Å². The summed E-state index contributed by atoms with van der Waals surface area (Å²) in [7, 11) is 2.09. The Morgan fingerprint density at radius 2 is 2.50 bits per heavy atom. The van der Waals surface area contributed by atoms with Crippen LogP contribution < -0.4 is 10.0 Å². The molecule has 0 aromatic heterocycles. The van der Waals surface area contributed by atoms with E-state index in [1.807, 2.05) is 0 Å². The van der Waals surface area contributed by atoms with Gasteiger partial charge in [0.1, 0.15) is 12.6 Å². The van der Waals surface area contributed by atoms with E-state index >= 15 is 0 Å². The molecule has 0 aromatic rings. The number of likely N-dealkylation sites (tertiary alicyclic amines) is 1. The van der Waals surface area contributed by atoms with Gasteiger partial charge in [-0.25, -0.2) is 0 Å². The number of hydrogen-bond donors (Lipinski definition) is 1. The summed E-state index contributed by atoms with van der Waals surface area (Å²) >= 11 is 0. The molecule has 0 aromatic carbocycles. The number of hydrogen-bond acceptors (Lipinski definition) is 3. The molecule has 1 aliphatic heterocycles. The maximum Gasteiger partial charge on any atom is 0.107 e. The molecule has 1 unspecified atom stereocenters. The van der Waals surface area contributed by atoms with E-state index in [2.05, 4.69) is 7.05 Å². The number of aliphatic carboxylic acids is 1. The second-order valence-electron chi connectivity index (χ2n) is 3.36. The summed E-state index contributed by atoms with van der Waals surface area (Å²) in [5, 5.41) is 10.1. The van der Waals surface area contributed by atoms with Crippen LogP contribution in [-0.2, 0) is 9.53 Å². The van der Waals surface area contributed by atoms with Crippen LogP contribution in [-0.4, -0.2) is 38.8 Å². The molecule has 0 saturated carbocycles. The maximum absolute atomic E-state index is 10.1. The van der Waals surface area contributed by atoms with E-state index in [1.165, 1.54) is 4.90 Å². The van der Waals surface area contributed by atoms with Crippen molar-refractivity contribution in [3.05, 3.63) is 0 Å². The Morgan fingerprint density at radius 1 is 1.75 bits per heavy atom. The first-order valence-corrected chi connectivity index (χ1v) is 4.31. The molecular formula is C8H15NO3. The molecule has 0 spiro atoms. The Morgan fingerprint density at radius 3 is 3.08 bits per heavy atom. The summed E-state index contributed by atoms with van der Waals surface area (Å²) in [6, 6.07) is 0. The molecule has 0 bridgehead atoms. The van der Waals surface area contributed by atoms with Crippen molar-refractivity contribution >= 4 is 5.97 Å². The zero-order valence-corrected chi connectivity index (χ0v) is 7.34. The lowest BCUT2D eigenvalue weighted by Crippen LogP contribution is -3.11. The minimum Gasteiger partial charge on any atom is -0.548 e. The van der Waals surface area contributed by atoms with E-state index in [4.69, 9.17) is 4.74 Å². The summed E-state index contributed by atoms with van der Waals surface area (Å²) in [5.41, 5.74) is 0. The Labute approximate surface area is 72.1 Å². The lowest BCUT2D eigenvalue weighted by molar-refractivity contribution is -0.888. The van der Waals surface area contributed by atoms with Crippen molar-refractivity contribution in [1.82, 2.24) is 0 Å². The fraction of sp³-hybridized carbons (Fsp3) is 0.875. The molecule has 0 radical (unpaired) electrons. The molecule has 1 heterocycles. The average Bonchev–Trinajstić information content (AvgIpc) is 2.01. The minimum absolute atomic E-state index is 0.108. The zero-order chi connectivity index (χ0) is 8.97. The van der Waals surface area contributed by atoms with Crippen molar-refractivity contribution in [1.29, 1.82) is 0 Å². The number of rotatable bonds is 3. The number of likely N-dealkylation sites (N-methyl/N-ethyl adjacent to an activating group) is 1. The summed E-state index contributed by atoms with van der Waals surface area (Å²) in [5.74, 6) is -1.13. The second kappa shape index (κ2) is 4.42. The molecule has 1 aliphatic rings. The molecule has 1 saturated heterocycles. The van der Waals surface area contributed by atoms with Gasteiger partial charge >= 0.3 is 0 Å². The van der Waals surface area contributed by atoms with Crippen LogP contribution in [0.3, 0.4) is 0 Å². The van der Waals surface area contributed by atoms with Gasteiger partial charge in [0.15, 0.2) is 0 Å². The van der Waals surface area contributed by atoms with Gasteiger partial charge in [0.05, 0.1) is 26.2 Å². The van der Waals surface area contributed by atoms with Crippen LogP contribution in [0, 0.1) is 0 Å². The number of nitrogens with one attached hydrogen (secondary N) is 1. The van der Waals surface area contributed by atoms with Crippen LogP contribution in [0.4, 0.5) is 0 Å². The first kappa shape index (κ1) is 9.48. The molecule has 4 nitrogen and oxygen atoms in total. The van der Waals surface area contributed by atoms with Crippen molar-refractivity contribution in [3.8, 4) is 0 Å². The number of carbonyl (C=O) groups excluding carboxylic acids is 1. The first-order valence-electron chi connectivity index (χ1n) is 4.31. The number of quaternary nitrogens is 1. The SMILES string of the molecule is C[NH+]1CCC[C@@H](OCC(=O)[O-])C1. The smallest absolute Gasteiger partial charge is 0.107 e. The molecule has 12 heavy (non-hydrogen) atoms. The van der Waals surface area contributed by atoms with E-state index < -0.39 is 5.97 Å². The van der Waals surface area contributed by atoms with Crippen molar-refractivity contribution in [2.24, 2.45) is 0 Å². The quantitative estimate of drug-likeness (QED) is 0.510. The number of carboxylic acids is 1. The van der Waals surface area contributed by atoms with E-state index in [9.17, 15) is 9.90 Å². The lowest BCUT2D eigenvalue weighted by atomic mass is 10.1. The third-order valence-electron chi connectivity index (χ3n) is 2.14. The van der Waals surface area contributed by atoms with Crippen molar-refractivity contribution in [2.45, 2.75) is 18.9 Å². The highest BCUT2D eigenvalue weighted by molar-refractivity contribution is 5.65. The number of ether oxygens (including phenoxy) is 1. The fourth-order valence-electron chi connectivity index (χ4n) is 1.55. The van der Waals surface area contributed by atoms with Crippen molar-refractivity contribution in [3.63, 3.8) is 0 Å². The fourth-order valence-corrected chi connectivity index (χ4v) is 1.55. The lowest BCUT2D eigenvalue weighted by Gasteiger charge is -2.26. The molecule has 0 aliphatic carbocycles. The van der Waals surface area contributed by atoms with Crippen LogP contribution in [0.1, 0.15) is 12.8 Å². The highest BCUT2D eigenvalue weighted by atomic mass is 16.5. The summed E-state index contributed by atoms with van der Waals surface area (Å²) in [6.45, 7) is 1.80. The van der Waals surface area contributed by atoms with Gasteiger partial charge in [-0.2, -0.15) is 0 Å². The molecule has 4 heteroatoms. The van der Waals surface area contributed by atoms with Gasteiger partial charge < -0.3 is 19.5 Å². The minimum atomic E-state index is -1.13. The summed E-state index contributed by atoms with van der Waals surface area (Å²) < 4.78 is 5.13. The van der Waals surface area contributed by atoms with Crippen LogP contribution >= 0.6 is 0 Å². The Balaban J connectivity index is 2.18. The van der Waals surface area contributed by atoms with Gasteiger partial charge in [0.25, 0.3) is 0 Å². The highest BCUT2D eigenvalue weighted by Crippen LogP contribution is 2.02. The molecule has 1 N–H and O–H groups in total. The molecular weight excluding hydrogens is 158 g/mol. The number of piperidine rings is 1. The average molecular weight is 173 g/mol. The van der Waals surface area contributed by atoms with Crippen LogP contribution in [0.2, 0.25) is 0 Å². The second-order valence-corrected chi connectivity index (χ2v) is 3.36. The van der Waals surface area contributed by atoms with Crippen LogP contribution in [0.25, 0.3) is 0 Å². The monoisotopic (exact) mass is 173 g/mol. The zero-order valence-electron chi connectivity index (χ0n) is 7.34. The largest absolute Gasteiger partial charge is 0.548 e. The van der Waals surface area contributed by atoms with Crippen molar-refractivity contribution in [2.75, 3.05) is 26.7 Å². The van der Waals surface area contributed by atoms with Crippen LogP contribution in [0.5, 0.6) is 0 Å². The number of carbonyl (C=O) groups is 1. The van der Waals surface area contributed by atoms with Gasteiger partial charge in [0, 0.05) is 0 Å². The Bertz CT molecular complexity index is 160. The van der Waals surface area contributed by atoms with E-state index in [1.54, 1.807) is 0 Å². The normalized spacial score (nSPS) is 30.1.